The predicted octanol–water partition coefficient (Wildman–Crippen LogP) is 4.37. The second-order valence-corrected chi connectivity index (χ2v) is 11.9. The fourth-order valence-electron chi connectivity index (χ4n) is 4.15. The Hall–Kier alpha value is -3.73. The molecule has 0 atom stereocenters. The number of urea groups is 1. The third-order valence-electron chi connectivity index (χ3n) is 6.72. The van der Waals surface area contributed by atoms with Gasteiger partial charge in [0.05, 0.1) is 26.0 Å². The number of alkyl halides is 3. The third-order valence-corrected chi connectivity index (χ3v) is 7.31. The largest absolute Gasteiger partial charge is 0.401 e. The summed E-state index contributed by atoms with van der Waals surface area (Å²) in [5.41, 5.74) is -0.179. The van der Waals surface area contributed by atoms with Gasteiger partial charge >= 0.3 is 22.3 Å². The first-order chi connectivity index (χ1) is 19.7. The molecule has 4 rings (SSSR count). The summed E-state index contributed by atoms with van der Waals surface area (Å²) in [4.78, 5) is 16.7. The number of carbonyl (C=O) groups is 1. The van der Waals surface area contributed by atoms with Gasteiger partial charge in [0.15, 0.2) is 11.6 Å². The van der Waals surface area contributed by atoms with E-state index in [-0.39, 0.29) is 10.5 Å². The van der Waals surface area contributed by atoms with Crippen LogP contribution in [0.1, 0.15) is 19.6 Å². The first-order valence-corrected chi connectivity index (χ1v) is 14.7. The molecule has 3 heterocycles. The van der Waals surface area contributed by atoms with Crippen LogP contribution in [0.25, 0.3) is 11.1 Å². The summed E-state index contributed by atoms with van der Waals surface area (Å²) in [5.74, 6) is 0.0305. The first kappa shape index (κ1) is 31.2. The minimum atomic E-state index is -4.55. The minimum absolute atomic E-state index is 0.0435. The van der Waals surface area contributed by atoms with Gasteiger partial charge in [-0.15, -0.1) is 0 Å². The van der Waals surface area contributed by atoms with E-state index in [0.717, 1.165) is 37.3 Å². The molecular weight excluding hydrogens is 581 g/mol. The zero-order valence-electron chi connectivity index (χ0n) is 23.2. The number of quaternary nitrogens is 1. The number of carbonyl (C=O) groups excluding carboxylic acids is 1. The molecule has 3 N–H and O–H groups in total. The molecule has 0 radical (unpaired) electrons. The van der Waals surface area contributed by atoms with Gasteiger partial charge in [-0.2, -0.15) is 26.2 Å². The van der Waals surface area contributed by atoms with Crippen molar-refractivity contribution in [2.45, 2.75) is 25.4 Å². The number of hydroxylamine groups is 3. The summed E-state index contributed by atoms with van der Waals surface area (Å²) in [6, 6.07) is 10.9. The van der Waals surface area contributed by atoms with E-state index < -0.39 is 33.5 Å². The van der Waals surface area contributed by atoms with E-state index in [1.54, 1.807) is 36.5 Å². The summed E-state index contributed by atoms with van der Waals surface area (Å²) < 4.78 is 78.6. The van der Waals surface area contributed by atoms with Crippen LogP contribution in [0.15, 0.2) is 53.2 Å². The van der Waals surface area contributed by atoms with Crippen LogP contribution in [0.2, 0.25) is 0 Å². The quantitative estimate of drug-likeness (QED) is 0.284. The topological polar surface area (TPSA) is 145 Å². The highest BCUT2D eigenvalue weighted by molar-refractivity contribution is 7.85. The Morgan fingerprint density at radius 2 is 1.69 bits per heavy atom. The van der Waals surface area contributed by atoms with Crippen molar-refractivity contribution in [1.82, 2.24) is 10.1 Å². The van der Waals surface area contributed by atoms with E-state index >= 15 is 0 Å². The highest BCUT2D eigenvalue weighted by Crippen LogP contribution is 2.41. The van der Waals surface area contributed by atoms with Crippen molar-refractivity contribution < 1.29 is 44.6 Å². The lowest BCUT2D eigenvalue weighted by molar-refractivity contribution is -1.08. The van der Waals surface area contributed by atoms with Crippen molar-refractivity contribution in [2.24, 2.45) is 0 Å². The highest BCUT2D eigenvalue weighted by Gasteiger charge is 2.51. The summed E-state index contributed by atoms with van der Waals surface area (Å²) in [6.45, 7) is 4.43. The second kappa shape index (κ2) is 12.2. The van der Waals surface area contributed by atoms with Gasteiger partial charge in [0, 0.05) is 23.5 Å². The molecule has 1 fully saturated rings. The van der Waals surface area contributed by atoms with Crippen molar-refractivity contribution in [1.29, 1.82) is 0 Å². The van der Waals surface area contributed by atoms with Gasteiger partial charge in [-0.05, 0) is 43.7 Å². The molecule has 1 aliphatic rings. The Bertz CT molecular complexity index is 1470. The van der Waals surface area contributed by atoms with E-state index in [4.69, 9.17) is 13.5 Å². The van der Waals surface area contributed by atoms with Gasteiger partial charge in [0.2, 0.25) is 0 Å². The lowest BCUT2D eigenvalue weighted by Crippen LogP contribution is -2.57. The van der Waals surface area contributed by atoms with Gasteiger partial charge in [0.1, 0.15) is 30.9 Å². The molecule has 16 heteroatoms. The Morgan fingerprint density at radius 1 is 1.02 bits per heavy atom. The molecule has 0 spiro atoms. The molecule has 0 saturated carbocycles. The number of aromatic nitrogens is 2. The lowest BCUT2D eigenvalue weighted by atomic mass is 9.89. The van der Waals surface area contributed by atoms with E-state index in [9.17, 15) is 26.4 Å². The molecule has 42 heavy (non-hydrogen) atoms. The first-order valence-electron chi connectivity index (χ1n) is 12.9. The SMILES string of the molecule is CC(C)(c1cc(NC(=O)Nc2ccc(-c3ccc(NCC[N+]4(OS(C)(=O)=O)CCOCC4)nc3)cc2)no1)C(F)(F)F. The van der Waals surface area contributed by atoms with E-state index in [1.807, 2.05) is 6.07 Å². The molecule has 2 aromatic heterocycles. The van der Waals surface area contributed by atoms with Crippen LogP contribution in [0.5, 0.6) is 0 Å². The number of hydrogen-bond acceptors (Lipinski definition) is 9. The maximum Gasteiger partial charge on any atom is 0.401 e. The zero-order chi connectivity index (χ0) is 30.6. The highest BCUT2D eigenvalue weighted by atomic mass is 32.2. The van der Waals surface area contributed by atoms with E-state index in [0.29, 0.717) is 50.9 Å². The number of halogens is 3. The lowest BCUT2D eigenvalue weighted by Gasteiger charge is -2.36. The van der Waals surface area contributed by atoms with Crippen molar-refractivity contribution >= 4 is 33.5 Å². The molecule has 3 aromatic rings. The van der Waals surface area contributed by atoms with Crippen LogP contribution in [0, 0.1) is 0 Å². The minimum Gasteiger partial charge on any atom is -0.370 e. The third kappa shape index (κ3) is 7.96. The maximum atomic E-state index is 13.2. The standard InChI is InChI=1S/C26H31F3N6O6S/c1-25(2,26(27,28)29)21-16-23(34-40-21)33-24(36)32-20-7-4-18(5-8-20)19-6-9-22(31-17-19)30-10-11-35(41-42(3,37)38)12-14-39-15-13-35/h4-9,16-17H,10-15H2,1-3H3,(H2-,30,31,32,33,34,36)/p+1. The molecule has 2 amide bonds. The van der Waals surface area contributed by atoms with Crippen molar-refractivity contribution in [3.63, 3.8) is 0 Å². The summed E-state index contributed by atoms with van der Waals surface area (Å²) in [6.07, 6.45) is -1.84. The van der Waals surface area contributed by atoms with Crippen LogP contribution in [-0.4, -0.2) is 81.1 Å². The number of nitrogens with one attached hydrogen (secondary N) is 3. The number of hydrogen-bond donors (Lipinski definition) is 3. The molecule has 0 aliphatic carbocycles. The maximum absolute atomic E-state index is 13.2. The Kier molecular flexibility index (Phi) is 9.10. The number of amides is 2. The van der Waals surface area contributed by atoms with Gasteiger partial charge < -0.3 is 19.9 Å². The van der Waals surface area contributed by atoms with Gasteiger partial charge in [-0.25, -0.2) is 9.78 Å². The summed E-state index contributed by atoms with van der Waals surface area (Å²) in [5, 5.41) is 11.6. The molecule has 0 bridgehead atoms. The number of nitrogens with zero attached hydrogens (tertiary/aromatic N) is 3. The van der Waals surface area contributed by atoms with E-state index in [2.05, 4.69) is 26.1 Å². The predicted molar refractivity (Wildman–Crippen MR) is 148 cm³/mol. The normalized spacial score (nSPS) is 15.7. The number of benzene rings is 1. The molecule has 0 unspecified atom stereocenters. The zero-order valence-corrected chi connectivity index (χ0v) is 24.0. The Morgan fingerprint density at radius 3 is 2.29 bits per heavy atom. The molecule has 1 saturated heterocycles. The van der Waals surface area contributed by atoms with Crippen molar-refractivity contribution in [3.8, 4) is 11.1 Å². The fraction of sp³-hybridized carbons (Fsp3) is 0.423. The molecule has 228 valence electrons. The van der Waals surface area contributed by atoms with Crippen LogP contribution < -0.4 is 16.0 Å². The van der Waals surface area contributed by atoms with Crippen molar-refractivity contribution in [3.05, 3.63) is 54.4 Å². The average molecular weight is 614 g/mol. The van der Waals surface area contributed by atoms with Gasteiger partial charge in [0.25, 0.3) is 0 Å². The number of pyridine rings is 1. The van der Waals surface area contributed by atoms with Crippen LogP contribution in [0.4, 0.5) is 35.3 Å². The molecule has 1 aliphatic heterocycles. The van der Waals surface area contributed by atoms with Crippen molar-refractivity contribution in [2.75, 3.05) is 61.6 Å². The summed E-state index contributed by atoms with van der Waals surface area (Å²) >= 11 is 0. The van der Waals surface area contributed by atoms with E-state index in [1.165, 1.54) is 0 Å². The second-order valence-electron chi connectivity index (χ2n) is 10.3. The number of rotatable bonds is 10. The molecule has 12 nitrogen and oxygen atoms in total. The monoisotopic (exact) mass is 613 g/mol. The van der Waals surface area contributed by atoms with Gasteiger partial charge in [-0.3, -0.25) is 5.32 Å². The smallest absolute Gasteiger partial charge is 0.370 e. The van der Waals surface area contributed by atoms with Gasteiger partial charge in [-0.1, -0.05) is 21.6 Å². The fourth-order valence-corrected chi connectivity index (χ4v) is 4.95. The Labute approximate surface area is 240 Å². The molecular formula is C26H32F3N6O6S+. The van der Waals surface area contributed by atoms with Crippen LogP contribution >= 0.6 is 0 Å². The number of ether oxygens (including phenoxy) is 1. The number of anilines is 3. The average Bonchev–Trinajstić information content (AvgIpc) is 3.37. The number of morpholine rings is 1. The van der Waals surface area contributed by atoms with Crippen LogP contribution in [-0.2, 0) is 24.6 Å². The molecule has 1 aromatic carbocycles. The summed E-state index contributed by atoms with van der Waals surface area (Å²) in [7, 11) is -3.64. The Balaban J connectivity index is 1.29. The van der Waals surface area contributed by atoms with Crippen LogP contribution in [0.3, 0.4) is 0 Å².